The van der Waals surface area contributed by atoms with E-state index < -0.39 is 5.56 Å². The topological polar surface area (TPSA) is 111 Å². The predicted octanol–water partition coefficient (Wildman–Crippen LogP) is 2.61. The molecule has 1 saturated heterocycles. The number of H-pyrrole nitrogens is 1. The van der Waals surface area contributed by atoms with Crippen LogP contribution in [-0.4, -0.2) is 38.1 Å². The van der Waals surface area contributed by atoms with E-state index in [0.717, 1.165) is 18.4 Å². The number of hydrogen-bond donors (Lipinski definition) is 2. The molecule has 1 fully saturated rings. The number of nitrogens with zero attached hydrogens (tertiary/aromatic N) is 3. The van der Waals surface area contributed by atoms with Crippen LogP contribution in [0.1, 0.15) is 38.5 Å². The fourth-order valence-electron chi connectivity index (χ4n) is 3.35. The van der Waals surface area contributed by atoms with Gasteiger partial charge in [0, 0.05) is 5.92 Å². The van der Waals surface area contributed by atoms with Gasteiger partial charge in [-0.3, -0.25) is 24.5 Å². The van der Waals surface area contributed by atoms with Crippen LogP contribution < -0.4 is 10.9 Å². The van der Waals surface area contributed by atoms with Crippen LogP contribution in [0.3, 0.4) is 0 Å². The number of rotatable bonds is 7. The molecule has 2 aromatic heterocycles. The van der Waals surface area contributed by atoms with Crippen LogP contribution in [0.4, 0.5) is 5.95 Å². The molecule has 9 heteroatoms. The van der Waals surface area contributed by atoms with Gasteiger partial charge in [0.15, 0.2) is 11.2 Å². The fourth-order valence-corrected chi connectivity index (χ4v) is 3.35. The minimum atomic E-state index is -0.404. The maximum absolute atomic E-state index is 12.3. The Morgan fingerprint density at radius 1 is 1.33 bits per heavy atom. The summed E-state index contributed by atoms with van der Waals surface area (Å²) in [6.07, 6.45) is 2.81. The predicted molar refractivity (Wildman–Crippen MR) is 111 cm³/mol. The Balaban J connectivity index is 1.43. The number of fused-ring (bicyclic) bond motifs is 1. The first-order chi connectivity index (χ1) is 14.5. The standard InChI is InChI=1S/C21H25N5O4/c1-13(2)19(27)24-21-23-18-17(20(28)25-21)22-12-26(18)16-9-8-15(30-16)11-29-10-14-6-4-3-5-7-14/h3-7,12-13,15-16H,8-11H2,1-2H3,(H2,23,24,25,27,28). The van der Waals surface area contributed by atoms with Gasteiger partial charge in [0.25, 0.3) is 5.56 Å². The highest BCUT2D eigenvalue weighted by Gasteiger charge is 2.28. The van der Waals surface area contributed by atoms with Crippen molar-refractivity contribution in [3.05, 3.63) is 52.6 Å². The van der Waals surface area contributed by atoms with Gasteiger partial charge >= 0.3 is 0 Å². The molecule has 1 aromatic carbocycles. The number of imidazole rings is 1. The molecule has 3 heterocycles. The molecule has 0 bridgehead atoms. The number of nitrogens with one attached hydrogen (secondary N) is 2. The molecule has 3 aromatic rings. The molecule has 9 nitrogen and oxygen atoms in total. The highest BCUT2D eigenvalue weighted by Crippen LogP contribution is 2.30. The highest BCUT2D eigenvalue weighted by atomic mass is 16.5. The molecule has 1 aliphatic heterocycles. The van der Waals surface area contributed by atoms with Gasteiger partial charge in [-0.05, 0) is 18.4 Å². The van der Waals surface area contributed by atoms with Gasteiger partial charge in [-0.2, -0.15) is 4.98 Å². The number of ether oxygens (including phenoxy) is 2. The molecule has 2 N–H and O–H groups in total. The first-order valence-corrected chi connectivity index (χ1v) is 10.1. The van der Waals surface area contributed by atoms with E-state index in [2.05, 4.69) is 20.3 Å². The number of benzene rings is 1. The maximum Gasteiger partial charge on any atom is 0.280 e. The van der Waals surface area contributed by atoms with Gasteiger partial charge < -0.3 is 9.47 Å². The summed E-state index contributed by atoms with van der Waals surface area (Å²) >= 11 is 0. The summed E-state index contributed by atoms with van der Waals surface area (Å²) in [6.45, 7) is 4.56. The molecular formula is C21H25N5O4. The van der Waals surface area contributed by atoms with E-state index in [4.69, 9.17) is 9.47 Å². The van der Waals surface area contributed by atoms with E-state index in [1.165, 1.54) is 0 Å². The maximum atomic E-state index is 12.3. The van der Waals surface area contributed by atoms with Crippen LogP contribution in [0.15, 0.2) is 41.5 Å². The number of anilines is 1. The molecule has 4 rings (SSSR count). The van der Waals surface area contributed by atoms with Gasteiger partial charge in [0.05, 0.1) is 25.6 Å². The highest BCUT2D eigenvalue weighted by molar-refractivity contribution is 5.91. The van der Waals surface area contributed by atoms with Crippen LogP contribution in [0, 0.1) is 5.92 Å². The van der Waals surface area contributed by atoms with Crippen molar-refractivity contribution in [2.75, 3.05) is 11.9 Å². The first-order valence-electron chi connectivity index (χ1n) is 10.1. The van der Waals surface area contributed by atoms with Crippen molar-refractivity contribution in [3.8, 4) is 0 Å². The van der Waals surface area contributed by atoms with Crippen LogP contribution in [0.25, 0.3) is 11.2 Å². The number of aromatic nitrogens is 4. The molecule has 0 spiro atoms. The lowest BCUT2D eigenvalue weighted by molar-refractivity contribution is -0.118. The smallest absolute Gasteiger partial charge is 0.280 e. The third-order valence-corrected chi connectivity index (χ3v) is 5.01. The van der Waals surface area contributed by atoms with Gasteiger partial charge in [0.2, 0.25) is 11.9 Å². The summed E-state index contributed by atoms with van der Waals surface area (Å²) in [7, 11) is 0. The van der Waals surface area contributed by atoms with Gasteiger partial charge in [-0.15, -0.1) is 0 Å². The normalized spacial score (nSPS) is 18.9. The first kappa shape index (κ1) is 20.2. The lowest BCUT2D eigenvalue weighted by Crippen LogP contribution is -2.22. The number of hydrogen-bond acceptors (Lipinski definition) is 6. The van der Waals surface area contributed by atoms with Gasteiger partial charge in [0.1, 0.15) is 6.23 Å². The van der Waals surface area contributed by atoms with Gasteiger partial charge in [-0.25, -0.2) is 4.98 Å². The van der Waals surface area contributed by atoms with E-state index in [9.17, 15) is 9.59 Å². The van der Waals surface area contributed by atoms with Crippen molar-refractivity contribution in [3.63, 3.8) is 0 Å². The summed E-state index contributed by atoms with van der Waals surface area (Å²) in [5, 5.41) is 2.63. The summed E-state index contributed by atoms with van der Waals surface area (Å²) < 4.78 is 13.6. The van der Waals surface area contributed by atoms with Crippen molar-refractivity contribution in [1.29, 1.82) is 0 Å². The minimum Gasteiger partial charge on any atom is -0.374 e. The second-order valence-electron chi connectivity index (χ2n) is 7.67. The van der Waals surface area contributed by atoms with Crippen LogP contribution >= 0.6 is 0 Å². The average molecular weight is 411 g/mol. The van der Waals surface area contributed by atoms with Gasteiger partial charge in [-0.1, -0.05) is 44.2 Å². The number of amides is 1. The third-order valence-electron chi connectivity index (χ3n) is 5.01. The van der Waals surface area contributed by atoms with Crippen molar-refractivity contribution < 1.29 is 14.3 Å². The Morgan fingerprint density at radius 2 is 2.13 bits per heavy atom. The number of carbonyl (C=O) groups is 1. The van der Waals surface area contributed by atoms with Crippen molar-refractivity contribution in [1.82, 2.24) is 19.5 Å². The van der Waals surface area contributed by atoms with E-state index in [0.29, 0.717) is 18.9 Å². The Bertz CT molecular complexity index is 1080. The summed E-state index contributed by atoms with van der Waals surface area (Å²) in [5.74, 6) is -0.351. The molecule has 0 saturated carbocycles. The molecule has 1 aliphatic rings. The Labute approximate surface area is 173 Å². The average Bonchev–Trinajstić information content (AvgIpc) is 3.36. The quantitative estimate of drug-likeness (QED) is 0.618. The Kier molecular flexibility index (Phi) is 5.91. The molecule has 158 valence electrons. The zero-order chi connectivity index (χ0) is 21.1. The lowest BCUT2D eigenvalue weighted by atomic mass is 10.2. The second kappa shape index (κ2) is 8.76. The van der Waals surface area contributed by atoms with E-state index in [-0.39, 0.29) is 35.6 Å². The molecule has 0 radical (unpaired) electrons. The van der Waals surface area contributed by atoms with E-state index in [1.54, 1.807) is 24.7 Å². The largest absolute Gasteiger partial charge is 0.374 e. The van der Waals surface area contributed by atoms with E-state index >= 15 is 0 Å². The summed E-state index contributed by atoms with van der Waals surface area (Å²) in [5.41, 5.74) is 1.31. The monoisotopic (exact) mass is 411 g/mol. The third kappa shape index (κ3) is 4.42. The SMILES string of the molecule is CC(C)C(=O)Nc1nc2c(ncn2C2CCC(COCc3ccccc3)O2)c(=O)[nH]1. The Morgan fingerprint density at radius 3 is 2.90 bits per heavy atom. The molecule has 30 heavy (non-hydrogen) atoms. The van der Waals surface area contributed by atoms with Crippen molar-refractivity contribution in [2.45, 2.75) is 45.6 Å². The molecular weight excluding hydrogens is 386 g/mol. The van der Waals surface area contributed by atoms with Crippen molar-refractivity contribution in [2.24, 2.45) is 5.92 Å². The number of carbonyl (C=O) groups excluding carboxylic acids is 1. The lowest BCUT2D eigenvalue weighted by Gasteiger charge is -2.16. The molecule has 1 amide bonds. The van der Waals surface area contributed by atoms with Crippen molar-refractivity contribution >= 4 is 23.0 Å². The van der Waals surface area contributed by atoms with E-state index in [1.807, 2.05) is 30.3 Å². The van der Waals surface area contributed by atoms with Crippen LogP contribution in [0.2, 0.25) is 0 Å². The summed E-state index contributed by atoms with van der Waals surface area (Å²) in [4.78, 5) is 35.4. The molecule has 0 aliphatic carbocycles. The molecule has 2 unspecified atom stereocenters. The fraction of sp³-hybridized carbons (Fsp3) is 0.429. The van der Waals surface area contributed by atoms with Crippen LogP contribution in [0.5, 0.6) is 0 Å². The minimum absolute atomic E-state index is 0.0433. The summed E-state index contributed by atoms with van der Waals surface area (Å²) in [6, 6.07) is 9.99. The Hall–Kier alpha value is -3.04. The van der Waals surface area contributed by atoms with Crippen LogP contribution in [-0.2, 0) is 20.9 Å². The zero-order valence-corrected chi connectivity index (χ0v) is 17.0. The molecule has 2 atom stereocenters. The second-order valence-corrected chi connectivity index (χ2v) is 7.67. The zero-order valence-electron chi connectivity index (χ0n) is 17.0. The number of aromatic amines is 1.